The Bertz CT molecular complexity index is 561. The number of benzene rings is 1. The molecule has 0 radical (unpaired) electrons. The fourth-order valence-electron chi connectivity index (χ4n) is 2.07. The van der Waals surface area contributed by atoms with Gasteiger partial charge in [0, 0.05) is 18.1 Å². The Kier molecular flexibility index (Phi) is 4.22. The van der Waals surface area contributed by atoms with Crippen LogP contribution >= 0.6 is 0 Å². The van der Waals surface area contributed by atoms with Crippen molar-refractivity contribution in [2.24, 2.45) is 5.73 Å². The predicted molar refractivity (Wildman–Crippen MR) is 75.3 cm³/mol. The zero-order valence-corrected chi connectivity index (χ0v) is 11.7. The molecule has 0 unspecified atom stereocenters. The molecule has 4 nitrogen and oxygen atoms in total. The highest BCUT2D eigenvalue weighted by Crippen LogP contribution is 2.30. The van der Waals surface area contributed by atoms with E-state index in [-0.39, 0.29) is 0 Å². The number of rotatable bonds is 5. The number of hydrogen-bond acceptors (Lipinski definition) is 4. The third-order valence-electron chi connectivity index (χ3n) is 3.05. The van der Waals surface area contributed by atoms with Gasteiger partial charge in [-0.1, -0.05) is 5.16 Å². The van der Waals surface area contributed by atoms with Gasteiger partial charge in [-0.05, 0) is 50.6 Å². The third kappa shape index (κ3) is 2.96. The first-order valence-electron chi connectivity index (χ1n) is 6.55. The zero-order chi connectivity index (χ0) is 13.8. The molecule has 0 saturated heterocycles. The maximum Gasteiger partial charge on any atom is 0.167 e. The maximum absolute atomic E-state index is 5.59. The average Bonchev–Trinajstić information content (AvgIpc) is 2.82. The van der Waals surface area contributed by atoms with Crippen molar-refractivity contribution in [3.8, 4) is 17.1 Å². The smallest absolute Gasteiger partial charge is 0.167 e. The molecular formula is C15H20N2O2. The summed E-state index contributed by atoms with van der Waals surface area (Å²) >= 11 is 0. The minimum absolute atomic E-state index is 0.577. The van der Waals surface area contributed by atoms with Crippen LogP contribution in [0.1, 0.15) is 23.7 Å². The maximum atomic E-state index is 5.59. The molecule has 0 aliphatic carbocycles. The Balaban J connectivity index is 2.36. The van der Waals surface area contributed by atoms with Gasteiger partial charge in [0.25, 0.3) is 0 Å². The molecule has 4 heteroatoms. The Morgan fingerprint density at radius 1 is 1.21 bits per heavy atom. The Morgan fingerprint density at radius 2 is 2.00 bits per heavy atom. The number of ether oxygens (including phenoxy) is 1. The van der Waals surface area contributed by atoms with E-state index in [9.17, 15) is 0 Å². The van der Waals surface area contributed by atoms with Crippen LogP contribution in [0.25, 0.3) is 11.3 Å². The molecule has 1 aromatic heterocycles. The molecule has 0 amide bonds. The molecule has 2 N–H and O–H groups in total. The van der Waals surface area contributed by atoms with Crippen molar-refractivity contribution in [1.29, 1.82) is 0 Å². The van der Waals surface area contributed by atoms with Crippen molar-refractivity contribution in [2.75, 3.05) is 13.2 Å². The number of aryl methyl sites for hydroxylation is 2. The van der Waals surface area contributed by atoms with Crippen molar-refractivity contribution in [1.82, 2.24) is 5.16 Å². The second kappa shape index (κ2) is 5.89. The van der Waals surface area contributed by atoms with Crippen LogP contribution in [0.2, 0.25) is 0 Å². The largest absolute Gasteiger partial charge is 0.494 e. The topological polar surface area (TPSA) is 61.3 Å². The molecule has 0 fully saturated rings. The van der Waals surface area contributed by atoms with Gasteiger partial charge in [0.1, 0.15) is 5.75 Å². The van der Waals surface area contributed by atoms with Crippen molar-refractivity contribution in [2.45, 2.75) is 27.2 Å². The molecule has 0 bridgehead atoms. The van der Waals surface area contributed by atoms with Gasteiger partial charge in [-0.2, -0.15) is 0 Å². The van der Waals surface area contributed by atoms with Crippen LogP contribution in [0.5, 0.6) is 5.75 Å². The van der Waals surface area contributed by atoms with E-state index in [0.29, 0.717) is 13.2 Å². The predicted octanol–water partition coefficient (Wildman–Crippen LogP) is 2.86. The highest BCUT2D eigenvalue weighted by Gasteiger charge is 2.12. The first-order chi connectivity index (χ1) is 9.15. The first kappa shape index (κ1) is 13.6. The summed E-state index contributed by atoms with van der Waals surface area (Å²) in [4.78, 5) is 0. The Labute approximate surface area is 113 Å². The lowest BCUT2D eigenvalue weighted by atomic mass is 10.0. The third-order valence-corrected chi connectivity index (χ3v) is 3.05. The van der Waals surface area contributed by atoms with Gasteiger partial charge in [-0.15, -0.1) is 0 Å². The molecule has 0 aliphatic heterocycles. The van der Waals surface area contributed by atoms with Gasteiger partial charge in [-0.25, -0.2) is 0 Å². The Morgan fingerprint density at radius 3 is 2.68 bits per heavy atom. The van der Waals surface area contributed by atoms with E-state index in [1.54, 1.807) is 0 Å². The lowest BCUT2D eigenvalue weighted by molar-refractivity contribution is 0.337. The minimum atomic E-state index is 0.577. The van der Waals surface area contributed by atoms with Crippen molar-refractivity contribution < 1.29 is 9.26 Å². The van der Waals surface area contributed by atoms with Crippen LogP contribution in [0, 0.1) is 13.8 Å². The number of nitrogens with two attached hydrogens (primary N) is 1. The lowest BCUT2D eigenvalue weighted by Crippen LogP contribution is -2.02. The first-order valence-corrected chi connectivity index (χ1v) is 6.55. The van der Waals surface area contributed by atoms with Crippen LogP contribution < -0.4 is 10.5 Å². The summed E-state index contributed by atoms with van der Waals surface area (Å²) in [5, 5.41) is 4.03. The van der Waals surface area contributed by atoms with Gasteiger partial charge < -0.3 is 15.0 Å². The molecule has 102 valence electrons. The summed E-state index contributed by atoms with van der Waals surface area (Å²) in [6, 6.07) is 6.07. The highest BCUT2D eigenvalue weighted by molar-refractivity contribution is 5.65. The molecule has 0 aliphatic rings. The summed E-state index contributed by atoms with van der Waals surface area (Å²) in [6.07, 6.45) is 0.735. The number of hydrogen-bond donors (Lipinski definition) is 1. The van der Waals surface area contributed by atoms with Crippen LogP contribution in [0.4, 0.5) is 0 Å². The van der Waals surface area contributed by atoms with Crippen LogP contribution in [-0.4, -0.2) is 18.3 Å². The van der Waals surface area contributed by atoms with Gasteiger partial charge >= 0.3 is 0 Å². The van der Waals surface area contributed by atoms with E-state index in [0.717, 1.165) is 40.3 Å². The minimum Gasteiger partial charge on any atom is -0.494 e. The molecule has 1 heterocycles. The van der Waals surface area contributed by atoms with Crippen LogP contribution in [0.15, 0.2) is 22.7 Å². The summed E-state index contributed by atoms with van der Waals surface area (Å²) in [7, 11) is 0. The van der Waals surface area contributed by atoms with E-state index in [1.165, 1.54) is 0 Å². The summed E-state index contributed by atoms with van der Waals surface area (Å²) in [5.41, 5.74) is 9.67. The van der Waals surface area contributed by atoms with Crippen molar-refractivity contribution in [3.05, 3.63) is 35.0 Å². The van der Waals surface area contributed by atoms with E-state index in [4.69, 9.17) is 15.0 Å². The fourth-order valence-corrected chi connectivity index (χ4v) is 2.07. The van der Waals surface area contributed by atoms with Gasteiger partial charge in [0.2, 0.25) is 0 Å². The van der Waals surface area contributed by atoms with Gasteiger partial charge in [0.15, 0.2) is 5.76 Å². The van der Waals surface area contributed by atoms with E-state index in [2.05, 4.69) is 11.2 Å². The summed E-state index contributed by atoms with van der Waals surface area (Å²) < 4.78 is 11.0. The van der Waals surface area contributed by atoms with E-state index >= 15 is 0 Å². The molecular weight excluding hydrogens is 240 g/mol. The normalized spacial score (nSPS) is 10.7. The highest BCUT2D eigenvalue weighted by atomic mass is 16.5. The summed E-state index contributed by atoms with van der Waals surface area (Å²) in [6.45, 7) is 7.31. The molecule has 1 aromatic carbocycles. The lowest BCUT2D eigenvalue weighted by Gasteiger charge is -2.10. The zero-order valence-electron chi connectivity index (χ0n) is 11.7. The standard InChI is InChI=1S/C15H20N2O2/c1-4-18-14-8-10(2)13(7-11(14)3)15-9-12(5-6-16)17-19-15/h7-9H,4-6,16H2,1-3H3. The SMILES string of the molecule is CCOc1cc(C)c(-c2cc(CCN)no2)cc1C. The molecule has 0 atom stereocenters. The number of nitrogens with zero attached hydrogens (tertiary/aromatic N) is 1. The van der Waals surface area contributed by atoms with Gasteiger partial charge in [-0.3, -0.25) is 0 Å². The molecule has 0 saturated carbocycles. The Hall–Kier alpha value is -1.81. The molecule has 2 rings (SSSR count). The number of aromatic nitrogens is 1. The van der Waals surface area contributed by atoms with Crippen LogP contribution in [0.3, 0.4) is 0 Å². The average molecular weight is 260 g/mol. The monoisotopic (exact) mass is 260 g/mol. The van der Waals surface area contributed by atoms with Gasteiger partial charge in [0.05, 0.1) is 12.3 Å². The van der Waals surface area contributed by atoms with Crippen molar-refractivity contribution in [3.63, 3.8) is 0 Å². The molecule has 2 aromatic rings. The van der Waals surface area contributed by atoms with E-state index < -0.39 is 0 Å². The van der Waals surface area contributed by atoms with Crippen LogP contribution in [-0.2, 0) is 6.42 Å². The second-order valence-corrected chi connectivity index (χ2v) is 4.59. The quantitative estimate of drug-likeness (QED) is 0.898. The summed E-state index contributed by atoms with van der Waals surface area (Å²) in [5.74, 6) is 1.71. The van der Waals surface area contributed by atoms with E-state index in [1.807, 2.05) is 32.9 Å². The fraction of sp³-hybridized carbons (Fsp3) is 0.400. The second-order valence-electron chi connectivity index (χ2n) is 4.59. The van der Waals surface area contributed by atoms with Crippen molar-refractivity contribution >= 4 is 0 Å². The molecule has 19 heavy (non-hydrogen) atoms. The molecule has 0 spiro atoms.